The molecule has 0 bridgehead atoms. The largest absolute Gasteiger partial charge is 0.486 e. The minimum absolute atomic E-state index is 0.353. The quantitative estimate of drug-likeness (QED) is 0.657. The van der Waals surface area contributed by atoms with Crippen molar-refractivity contribution in [2.24, 2.45) is 5.84 Å². The minimum atomic E-state index is 0.353. The molecule has 1 aliphatic carbocycles. The van der Waals surface area contributed by atoms with Crippen molar-refractivity contribution >= 4 is 5.82 Å². The van der Waals surface area contributed by atoms with Crippen LogP contribution in [0.5, 0.6) is 5.75 Å². The smallest absolute Gasteiger partial charge is 0.168 e. The van der Waals surface area contributed by atoms with Crippen molar-refractivity contribution in [3.8, 4) is 5.75 Å². The monoisotopic (exact) mass is 270 g/mol. The van der Waals surface area contributed by atoms with Gasteiger partial charge in [0.05, 0.1) is 0 Å². The Labute approximate surface area is 118 Å². The molecule has 1 aliphatic rings. The molecule has 1 aromatic carbocycles. The Kier molecular flexibility index (Phi) is 3.52. The van der Waals surface area contributed by atoms with E-state index in [1.807, 2.05) is 31.2 Å². The number of hydrazine groups is 1. The molecular formula is C15H18N4O. The zero-order chi connectivity index (χ0) is 13.9. The van der Waals surface area contributed by atoms with Crippen molar-refractivity contribution < 1.29 is 4.74 Å². The van der Waals surface area contributed by atoms with Gasteiger partial charge in [0.15, 0.2) is 5.82 Å². The van der Waals surface area contributed by atoms with E-state index in [0.29, 0.717) is 12.4 Å². The van der Waals surface area contributed by atoms with E-state index in [-0.39, 0.29) is 0 Å². The van der Waals surface area contributed by atoms with E-state index in [4.69, 9.17) is 10.6 Å². The molecule has 5 nitrogen and oxygen atoms in total. The van der Waals surface area contributed by atoms with E-state index in [1.165, 1.54) is 5.56 Å². The van der Waals surface area contributed by atoms with Gasteiger partial charge in [-0.05, 0) is 43.9 Å². The number of nitrogens with one attached hydrogen (secondary N) is 1. The standard InChI is InChI=1S/C15H18N4O/c1-10-4-2-5-11(8-10)20-9-14-17-13-7-3-6-12(13)15(18-14)19-16/h2,4-5,8H,3,6-7,9,16H2,1H3,(H,17,18,19). The van der Waals surface area contributed by atoms with Crippen molar-refractivity contribution in [1.29, 1.82) is 0 Å². The highest BCUT2D eigenvalue weighted by atomic mass is 16.5. The molecule has 2 aromatic rings. The van der Waals surface area contributed by atoms with Gasteiger partial charge in [0.25, 0.3) is 0 Å². The van der Waals surface area contributed by atoms with Crippen LogP contribution >= 0.6 is 0 Å². The molecule has 5 heteroatoms. The van der Waals surface area contributed by atoms with Crippen molar-refractivity contribution in [1.82, 2.24) is 9.97 Å². The summed E-state index contributed by atoms with van der Waals surface area (Å²) in [5.74, 6) is 7.77. The maximum atomic E-state index is 5.74. The molecule has 0 unspecified atom stereocenters. The van der Waals surface area contributed by atoms with Crippen molar-refractivity contribution in [3.05, 3.63) is 46.9 Å². The van der Waals surface area contributed by atoms with Crippen LogP contribution in [0.2, 0.25) is 0 Å². The normalized spacial score (nSPS) is 13.1. The van der Waals surface area contributed by atoms with Gasteiger partial charge in [0.1, 0.15) is 18.2 Å². The summed E-state index contributed by atoms with van der Waals surface area (Å²) < 4.78 is 5.74. The Morgan fingerprint density at radius 3 is 3.00 bits per heavy atom. The van der Waals surface area contributed by atoms with Crippen LogP contribution in [0.25, 0.3) is 0 Å². The highest BCUT2D eigenvalue weighted by molar-refractivity contribution is 5.47. The molecule has 0 radical (unpaired) electrons. The fourth-order valence-corrected chi connectivity index (χ4v) is 2.52. The summed E-state index contributed by atoms with van der Waals surface area (Å²) in [5, 5.41) is 0. The average Bonchev–Trinajstić information content (AvgIpc) is 2.92. The number of hydrogen-bond acceptors (Lipinski definition) is 5. The van der Waals surface area contributed by atoms with Crippen LogP contribution in [-0.4, -0.2) is 9.97 Å². The maximum Gasteiger partial charge on any atom is 0.168 e. The first-order valence-corrected chi connectivity index (χ1v) is 6.81. The summed E-state index contributed by atoms with van der Waals surface area (Å²) in [4.78, 5) is 9.00. The molecule has 0 aliphatic heterocycles. The molecular weight excluding hydrogens is 252 g/mol. The average molecular weight is 270 g/mol. The number of fused-ring (bicyclic) bond motifs is 1. The van der Waals surface area contributed by atoms with Crippen LogP contribution in [0.1, 0.15) is 29.1 Å². The Morgan fingerprint density at radius 2 is 2.20 bits per heavy atom. The van der Waals surface area contributed by atoms with Gasteiger partial charge in [-0.1, -0.05) is 12.1 Å². The van der Waals surface area contributed by atoms with E-state index in [1.54, 1.807) is 0 Å². The van der Waals surface area contributed by atoms with Crippen LogP contribution in [0.3, 0.4) is 0 Å². The molecule has 0 spiro atoms. The fraction of sp³-hybridized carbons (Fsp3) is 0.333. The fourth-order valence-electron chi connectivity index (χ4n) is 2.52. The molecule has 20 heavy (non-hydrogen) atoms. The van der Waals surface area contributed by atoms with Gasteiger partial charge < -0.3 is 10.2 Å². The molecule has 0 saturated heterocycles. The molecule has 104 valence electrons. The summed E-state index contributed by atoms with van der Waals surface area (Å²) in [6, 6.07) is 7.94. The van der Waals surface area contributed by atoms with E-state index in [9.17, 15) is 0 Å². The van der Waals surface area contributed by atoms with E-state index >= 15 is 0 Å². The van der Waals surface area contributed by atoms with Crippen molar-refractivity contribution in [2.45, 2.75) is 32.8 Å². The highest BCUT2D eigenvalue weighted by Gasteiger charge is 2.18. The van der Waals surface area contributed by atoms with Crippen LogP contribution in [0.15, 0.2) is 24.3 Å². The molecule has 3 rings (SSSR count). The van der Waals surface area contributed by atoms with Crippen LogP contribution < -0.4 is 16.0 Å². The number of anilines is 1. The lowest BCUT2D eigenvalue weighted by Crippen LogP contribution is -2.14. The number of aromatic nitrogens is 2. The predicted octanol–water partition coefficient (Wildman–Crippen LogP) is 2.14. The van der Waals surface area contributed by atoms with Gasteiger partial charge in [-0.15, -0.1) is 0 Å². The summed E-state index contributed by atoms with van der Waals surface area (Å²) in [6.45, 7) is 2.39. The minimum Gasteiger partial charge on any atom is -0.486 e. The molecule has 0 fully saturated rings. The topological polar surface area (TPSA) is 73.1 Å². The van der Waals surface area contributed by atoms with Gasteiger partial charge in [-0.3, -0.25) is 0 Å². The highest BCUT2D eigenvalue weighted by Crippen LogP contribution is 2.26. The van der Waals surface area contributed by atoms with Crippen LogP contribution in [0.4, 0.5) is 5.82 Å². The first-order chi connectivity index (χ1) is 9.76. The Morgan fingerprint density at radius 1 is 1.30 bits per heavy atom. The van der Waals surface area contributed by atoms with Crippen LogP contribution in [-0.2, 0) is 19.4 Å². The Balaban J connectivity index is 1.78. The number of hydrogen-bond donors (Lipinski definition) is 2. The molecule has 1 aromatic heterocycles. The third-order valence-electron chi connectivity index (χ3n) is 3.47. The second kappa shape index (κ2) is 5.46. The van der Waals surface area contributed by atoms with E-state index in [0.717, 1.165) is 42.1 Å². The zero-order valence-corrected chi connectivity index (χ0v) is 11.5. The van der Waals surface area contributed by atoms with E-state index in [2.05, 4.69) is 15.4 Å². The molecule has 0 atom stereocenters. The lowest BCUT2D eigenvalue weighted by Gasteiger charge is -2.10. The number of ether oxygens (including phenoxy) is 1. The first kappa shape index (κ1) is 12.9. The van der Waals surface area contributed by atoms with Crippen molar-refractivity contribution in [2.75, 3.05) is 5.43 Å². The number of benzene rings is 1. The molecule has 1 heterocycles. The zero-order valence-electron chi connectivity index (χ0n) is 11.5. The third kappa shape index (κ3) is 2.58. The lowest BCUT2D eigenvalue weighted by molar-refractivity contribution is 0.295. The molecule has 3 N–H and O–H groups in total. The van der Waals surface area contributed by atoms with Gasteiger partial charge >= 0.3 is 0 Å². The number of rotatable bonds is 4. The van der Waals surface area contributed by atoms with Gasteiger partial charge in [0.2, 0.25) is 0 Å². The second-order valence-corrected chi connectivity index (χ2v) is 5.02. The number of nitrogens with zero attached hydrogens (tertiary/aromatic N) is 2. The van der Waals surface area contributed by atoms with Gasteiger partial charge in [-0.25, -0.2) is 15.8 Å². The summed E-state index contributed by atoms with van der Waals surface area (Å²) >= 11 is 0. The lowest BCUT2D eigenvalue weighted by atomic mass is 10.2. The number of nitrogens with two attached hydrogens (primary N) is 1. The summed E-state index contributed by atoms with van der Waals surface area (Å²) in [6.07, 6.45) is 3.10. The molecule has 0 saturated carbocycles. The first-order valence-electron chi connectivity index (χ1n) is 6.81. The summed E-state index contributed by atoms with van der Waals surface area (Å²) in [5.41, 5.74) is 6.08. The number of nitrogen functional groups attached to an aromatic ring is 1. The predicted molar refractivity (Wildman–Crippen MR) is 77.4 cm³/mol. The van der Waals surface area contributed by atoms with Gasteiger partial charge in [-0.2, -0.15) is 0 Å². The van der Waals surface area contributed by atoms with Crippen LogP contribution in [0, 0.1) is 6.92 Å². The Hall–Kier alpha value is -2.14. The second-order valence-electron chi connectivity index (χ2n) is 5.02. The maximum absolute atomic E-state index is 5.74. The van der Waals surface area contributed by atoms with E-state index < -0.39 is 0 Å². The number of aryl methyl sites for hydroxylation is 2. The third-order valence-corrected chi connectivity index (χ3v) is 3.47. The van der Waals surface area contributed by atoms with Crippen molar-refractivity contribution in [3.63, 3.8) is 0 Å². The Bertz CT molecular complexity index is 627. The summed E-state index contributed by atoms with van der Waals surface area (Å²) in [7, 11) is 0. The SMILES string of the molecule is Cc1cccc(OCc2nc3c(c(NN)n2)CCC3)c1. The van der Waals surface area contributed by atoms with Gasteiger partial charge in [0, 0.05) is 11.3 Å². The molecule has 0 amide bonds.